The molecule has 0 bridgehead atoms. The molecule has 3 aromatic carbocycles. The third-order valence-corrected chi connectivity index (χ3v) is 4.84. The molecule has 32 heavy (non-hydrogen) atoms. The average molecular weight is 471 g/mol. The van der Waals surface area contributed by atoms with Crippen LogP contribution in [0.2, 0.25) is 5.02 Å². The number of halogens is 6. The Bertz CT molecular complexity index is 1180. The van der Waals surface area contributed by atoms with Crippen molar-refractivity contribution in [1.82, 2.24) is 0 Å². The predicted octanol–water partition coefficient (Wildman–Crippen LogP) is 6.50. The second-order valence-corrected chi connectivity index (χ2v) is 7.24. The molecule has 3 rings (SSSR count). The number of rotatable bonds is 5. The highest BCUT2D eigenvalue weighted by atomic mass is 35.5. The Morgan fingerprint density at radius 1 is 1.00 bits per heavy atom. The molecule has 0 fully saturated rings. The van der Waals surface area contributed by atoms with Gasteiger partial charge in [-0.15, -0.1) is 0 Å². The lowest BCUT2D eigenvalue weighted by Gasteiger charge is -2.18. The smallest absolute Gasteiger partial charge is 0.392 e. The molecule has 0 aliphatic carbocycles. The van der Waals surface area contributed by atoms with E-state index in [0.29, 0.717) is 0 Å². The highest BCUT2D eigenvalue weighted by Gasteiger charge is 2.34. The minimum absolute atomic E-state index is 0.0166. The van der Waals surface area contributed by atoms with Crippen LogP contribution in [0.4, 0.5) is 39.0 Å². The Morgan fingerprint density at radius 3 is 2.34 bits per heavy atom. The van der Waals surface area contributed by atoms with Gasteiger partial charge in [0.2, 0.25) is 5.91 Å². The highest BCUT2D eigenvalue weighted by molar-refractivity contribution is 6.31. The van der Waals surface area contributed by atoms with Crippen LogP contribution in [0.1, 0.15) is 18.1 Å². The summed E-state index contributed by atoms with van der Waals surface area (Å²) in [5, 5.41) is 14.1. The molecule has 0 radical (unpaired) electrons. The zero-order chi connectivity index (χ0) is 23.6. The summed E-state index contributed by atoms with van der Waals surface area (Å²) in [5.41, 5.74) is -1.40. The molecule has 3 aromatic rings. The zero-order valence-corrected chi connectivity index (χ0v) is 17.2. The van der Waals surface area contributed by atoms with Crippen molar-refractivity contribution in [2.75, 3.05) is 10.6 Å². The van der Waals surface area contributed by atoms with Crippen molar-refractivity contribution in [3.05, 3.63) is 76.3 Å². The van der Waals surface area contributed by atoms with Gasteiger partial charge in [0, 0.05) is 34.4 Å². The van der Waals surface area contributed by atoms with Gasteiger partial charge in [-0.1, -0.05) is 11.6 Å². The summed E-state index contributed by atoms with van der Waals surface area (Å²) in [7, 11) is 0. The van der Waals surface area contributed by atoms with E-state index in [0.717, 1.165) is 37.3 Å². The summed E-state index contributed by atoms with van der Waals surface area (Å²) in [6.45, 7) is 0.582. The van der Waals surface area contributed by atoms with Crippen molar-refractivity contribution in [2.45, 2.75) is 19.7 Å². The van der Waals surface area contributed by atoms with Crippen molar-refractivity contribution < 1.29 is 31.9 Å². The fourth-order valence-electron chi connectivity index (χ4n) is 3.08. The lowest BCUT2D eigenvalue weighted by molar-refractivity contribution is -0.136. The summed E-state index contributed by atoms with van der Waals surface area (Å²) in [6, 6.07) is 8.63. The topological polar surface area (TPSA) is 61.4 Å². The first kappa shape index (κ1) is 23.5. The largest absolute Gasteiger partial charge is 0.418 e. The molecule has 1 amide bonds. The van der Waals surface area contributed by atoms with Gasteiger partial charge in [0.25, 0.3) is 0 Å². The third-order valence-electron chi connectivity index (χ3n) is 4.49. The van der Waals surface area contributed by atoms with Gasteiger partial charge in [0.1, 0.15) is 11.6 Å². The fraction of sp³-hybridized carbons (Fsp3) is 0.136. The second kappa shape index (κ2) is 9.13. The van der Waals surface area contributed by atoms with Crippen LogP contribution in [0.15, 0.2) is 48.5 Å². The maximum Gasteiger partial charge on any atom is 0.418 e. The van der Waals surface area contributed by atoms with Crippen LogP contribution in [-0.2, 0) is 17.6 Å². The molecule has 0 heterocycles. The highest BCUT2D eigenvalue weighted by Crippen LogP contribution is 2.39. The molecule has 0 unspecified atom stereocenters. The van der Waals surface area contributed by atoms with E-state index in [4.69, 9.17) is 11.6 Å². The number of aliphatic hydroxyl groups is 1. The zero-order valence-electron chi connectivity index (χ0n) is 16.4. The van der Waals surface area contributed by atoms with E-state index in [1.54, 1.807) is 0 Å². The molecule has 0 aliphatic heterocycles. The molecule has 10 heteroatoms. The number of carbonyl (C=O) groups is 1. The van der Waals surface area contributed by atoms with E-state index in [1.165, 1.54) is 18.2 Å². The number of hydrogen-bond acceptors (Lipinski definition) is 3. The minimum atomic E-state index is -4.78. The van der Waals surface area contributed by atoms with Gasteiger partial charge in [-0.05, 0) is 54.1 Å². The quantitative estimate of drug-likeness (QED) is 0.373. The molecule has 0 atom stereocenters. The SMILES string of the molecule is CC(=O)Nc1ccc(Nc2cc(F)ccc2-c2cc(Cl)c(CO)cc2F)cc1C(F)(F)F. The van der Waals surface area contributed by atoms with Gasteiger partial charge >= 0.3 is 6.18 Å². The van der Waals surface area contributed by atoms with Gasteiger partial charge in [-0.2, -0.15) is 13.2 Å². The Labute approximate surface area is 184 Å². The summed E-state index contributed by atoms with van der Waals surface area (Å²) < 4.78 is 69.0. The van der Waals surface area contributed by atoms with Crippen molar-refractivity contribution in [3.63, 3.8) is 0 Å². The maximum absolute atomic E-state index is 14.6. The van der Waals surface area contributed by atoms with Crippen LogP contribution in [0, 0.1) is 11.6 Å². The minimum Gasteiger partial charge on any atom is -0.392 e. The molecule has 4 nitrogen and oxygen atoms in total. The Kier molecular flexibility index (Phi) is 6.71. The molecule has 0 aromatic heterocycles. The molecular formula is C22H16ClF5N2O2. The van der Waals surface area contributed by atoms with Crippen LogP contribution in [-0.4, -0.2) is 11.0 Å². The van der Waals surface area contributed by atoms with Gasteiger partial charge < -0.3 is 15.7 Å². The molecular weight excluding hydrogens is 455 g/mol. The van der Waals surface area contributed by atoms with Crippen LogP contribution >= 0.6 is 11.6 Å². The standard InChI is InChI=1S/C22H16ClF5N2O2/c1-11(32)29-20-5-3-14(8-17(20)22(26,27)28)30-21-7-13(24)2-4-15(21)16-9-18(23)12(10-31)6-19(16)25/h2-9,30-31H,10H2,1H3,(H,29,32). The van der Waals surface area contributed by atoms with Crippen molar-refractivity contribution >= 4 is 34.6 Å². The molecule has 0 saturated carbocycles. The summed E-state index contributed by atoms with van der Waals surface area (Å²) >= 11 is 6.04. The maximum atomic E-state index is 14.6. The predicted molar refractivity (Wildman–Crippen MR) is 112 cm³/mol. The lowest BCUT2D eigenvalue weighted by atomic mass is 10.0. The number of amides is 1. The number of carbonyl (C=O) groups excluding carboxylic acids is 1. The first-order valence-corrected chi connectivity index (χ1v) is 9.52. The number of benzene rings is 3. The number of anilines is 3. The Balaban J connectivity index is 2.08. The Morgan fingerprint density at radius 2 is 1.72 bits per heavy atom. The second-order valence-electron chi connectivity index (χ2n) is 6.84. The van der Waals surface area contributed by atoms with E-state index in [1.807, 2.05) is 0 Å². The molecule has 3 N–H and O–H groups in total. The van der Waals surface area contributed by atoms with E-state index >= 15 is 0 Å². The van der Waals surface area contributed by atoms with Gasteiger partial charge in [-0.25, -0.2) is 8.78 Å². The van der Waals surface area contributed by atoms with Crippen LogP contribution in [0.5, 0.6) is 0 Å². The normalized spacial score (nSPS) is 11.4. The van der Waals surface area contributed by atoms with Gasteiger partial charge in [0.05, 0.1) is 17.9 Å². The first-order valence-electron chi connectivity index (χ1n) is 9.14. The van der Waals surface area contributed by atoms with Crippen molar-refractivity contribution in [1.29, 1.82) is 0 Å². The summed E-state index contributed by atoms with van der Waals surface area (Å²) in [5.74, 6) is -2.15. The van der Waals surface area contributed by atoms with E-state index in [-0.39, 0.29) is 33.1 Å². The fourth-order valence-corrected chi connectivity index (χ4v) is 3.30. The van der Waals surface area contributed by atoms with Crippen LogP contribution in [0.25, 0.3) is 11.1 Å². The van der Waals surface area contributed by atoms with Crippen molar-refractivity contribution in [2.24, 2.45) is 0 Å². The van der Waals surface area contributed by atoms with Gasteiger partial charge in [-0.3, -0.25) is 4.79 Å². The van der Waals surface area contributed by atoms with Crippen LogP contribution in [0.3, 0.4) is 0 Å². The van der Waals surface area contributed by atoms with E-state index in [2.05, 4.69) is 10.6 Å². The number of alkyl halides is 3. The van der Waals surface area contributed by atoms with E-state index in [9.17, 15) is 31.9 Å². The number of aliphatic hydroxyl groups excluding tert-OH is 1. The molecule has 168 valence electrons. The Hall–Kier alpha value is -3.17. The van der Waals surface area contributed by atoms with Crippen molar-refractivity contribution in [3.8, 4) is 11.1 Å². The summed E-state index contributed by atoms with van der Waals surface area (Å²) in [6.07, 6.45) is -4.78. The average Bonchev–Trinajstić information content (AvgIpc) is 2.70. The van der Waals surface area contributed by atoms with Crippen LogP contribution < -0.4 is 10.6 Å². The lowest BCUT2D eigenvalue weighted by Crippen LogP contribution is -2.14. The van der Waals surface area contributed by atoms with Gasteiger partial charge in [0.15, 0.2) is 0 Å². The van der Waals surface area contributed by atoms with E-state index < -0.39 is 41.6 Å². The number of hydrogen-bond donors (Lipinski definition) is 3. The first-order chi connectivity index (χ1) is 15.0. The third kappa shape index (κ3) is 5.17. The molecule has 0 saturated heterocycles. The monoisotopic (exact) mass is 470 g/mol. The summed E-state index contributed by atoms with van der Waals surface area (Å²) in [4.78, 5) is 11.2. The molecule has 0 spiro atoms. The number of nitrogens with one attached hydrogen (secondary N) is 2. The molecule has 0 aliphatic rings.